The smallest absolute Gasteiger partial charge is 0.389 e. The Labute approximate surface area is 104 Å². The molecule has 96 valence electrons. The van der Waals surface area contributed by atoms with Crippen molar-refractivity contribution in [3.05, 3.63) is 35.7 Å². The van der Waals surface area contributed by atoms with E-state index in [1.807, 2.05) is 11.4 Å². The molecule has 0 spiro atoms. The Morgan fingerprint density at radius 2 is 2.17 bits per heavy atom. The summed E-state index contributed by atoms with van der Waals surface area (Å²) in [6.45, 7) is 0. The molecule has 1 atom stereocenters. The van der Waals surface area contributed by atoms with Crippen molar-refractivity contribution < 1.29 is 13.2 Å². The van der Waals surface area contributed by atoms with E-state index in [9.17, 15) is 13.2 Å². The fraction of sp³-hybridized carbons (Fsp3) is 0.182. The third-order valence-corrected chi connectivity index (χ3v) is 4.01. The van der Waals surface area contributed by atoms with Gasteiger partial charge in [-0.25, -0.2) is 4.40 Å². The van der Waals surface area contributed by atoms with Crippen LogP contribution in [-0.4, -0.2) is 16.7 Å². The van der Waals surface area contributed by atoms with E-state index in [0.717, 1.165) is 17.4 Å². The SMILES string of the molecule is NC=NS1=CCC=C1c1ccc(C(F)(F)F)nc1. The van der Waals surface area contributed by atoms with Crippen molar-refractivity contribution in [3.8, 4) is 0 Å². The van der Waals surface area contributed by atoms with Crippen molar-refractivity contribution in [2.45, 2.75) is 12.6 Å². The molecule has 0 saturated heterocycles. The van der Waals surface area contributed by atoms with Gasteiger partial charge in [-0.1, -0.05) is 12.1 Å². The van der Waals surface area contributed by atoms with Gasteiger partial charge >= 0.3 is 6.18 Å². The zero-order valence-corrected chi connectivity index (χ0v) is 10.0. The lowest BCUT2D eigenvalue weighted by atomic mass is 10.2. The molecule has 1 aromatic rings. The van der Waals surface area contributed by atoms with E-state index in [-0.39, 0.29) is 0 Å². The van der Waals surface area contributed by atoms with Crippen LogP contribution in [0.2, 0.25) is 0 Å². The molecule has 3 nitrogen and oxygen atoms in total. The highest BCUT2D eigenvalue weighted by Gasteiger charge is 2.32. The molecule has 0 amide bonds. The monoisotopic (exact) mass is 273 g/mol. The number of allylic oxidation sites excluding steroid dienone is 1. The van der Waals surface area contributed by atoms with E-state index < -0.39 is 22.5 Å². The Balaban J connectivity index is 2.29. The lowest BCUT2D eigenvalue weighted by Gasteiger charge is -2.08. The molecule has 7 heteroatoms. The Hall–Kier alpha value is -1.63. The third-order valence-electron chi connectivity index (χ3n) is 2.30. The summed E-state index contributed by atoms with van der Waals surface area (Å²) in [6, 6.07) is 2.38. The number of rotatable bonds is 2. The van der Waals surface area contributed by atoms with Crippen molar-refractivity contribution in [3.63, 3.8) is 0 Å². The molecule has 1 aliphatic rings. The Morgan fingerprint density at radius 1 is 1.39 bits per heavy atom. The average Bonchev–Trinajstić information content (AvgIpc) is 2.77. The number of nitrogens with two attached hydrogens (primary N) is 1. The van der Waals surface area contributed by atoms with Gasteiger partial charge in [-0.3, -0.25) is 4.98 Å². The van der Waals surface area contributed by atoms with E-state index >= 15 is 0 Å². The molecule has 2 heterocycles. The highest BCUT2D eigenvalue weighted by molar-refractivity contribution is 8.22. The molecule has 2 rings (SSSR count). The standard InChI is InChI=1S/C11H10F3N3S/c12-11(13,14)10-4-3-8(6-16-10)9-2-1-5-18(9)17-7-15/h2-7H,1H2,(H2,15,17). The number of nitrogens with zero attached hydrogens (tertiary/aromatic N) is 2. The highest BCUT2D eigenvalue weighted by Crippen LogP contribution is 2.39. The number of pyridine rings is 1. The van der Waals surface area contributed by atoms with Gasteiger partial charge in [-0.15, -0.1) is 0 Å². The van der Waals surface area contributed by atoms with Gasteiger partial charge < -0.3 is 5.73 Å². The number of aromatic nitrogens is 1. The van der Waals surface area contributed by atoms with Gasteiger partial charge in [0.15, 0.2) is 0 Å². The summed E-state index contributed by atoms with van der Waals surface area (Å²) in [6.07, 6.45) is 0.666. The van der Waals surface area contributed by atoms with Crippen LogP contribution in [0.1, 0.15) is 17.7 Å². The number of hydrogen-bond donors (Lipinski definition) is 1. The third kappa shape index (κ3) is 2.61. The topological polar surface area (TPSA) is 51.3 Å². The van der Waals surface area contributed by atoms with Gasteiger partial charge in [-0.05, 0) is 28.5 Å². The zero-order valence-electron chi connectivity index (χ0n) is 9.19. The summed E-state index contributed by atoms with van der Waals surface area (Å²) in [7, 11) is -0.485. The van der Waals surface area contributed by atoms with E-state index in [2.05, 4.69) is 9.38 Å². The van der Waals surface area contributed by atoms with Crippen LogP contribution in [0, 0.1) is 0 Å². The van der Waals surface area contributed by atoms with Crippen molar-refractivity contribution in [2.24, 2.45) is 10.1 Å². The molecule has 0 saturated carbocycles. The zero-order chi connectivity index (χ0) is 13.2. The minimum atomic E-state index is -4.41. The summed E-state index contributed by atoms with van der Waals surface area (Å²) in [5.41, 5.74) is 4.99. The minimum absolute atomic E-state index is 0.485. The first kappa shape index (κ1) is 12.8. The molecule has 2 N–H and O–H groups in total. The fourth-order valence-corrected chi connectivity index (χ4v) is 2.95. The summed E-state index contributed by atoms with van der Waals surface area (Å²) in [4.78, 5) is 4.29. The number of alkyl halides is 3. The van der Waals surface area contributed by atoms with Crippen LogP contribution in [0.5, 0.6) is 0 Å². The Bertz CT molecular complexity index is 529. The second kappa shape index (κ2) is 4.93. The lowest BCUT2D eigenvalue weighted by molar-refractivity contribution is -0.141. The molecule has 0 aromatic carbocycles. The normalized spacial score (nSPS) is 19.9. The van der Waals surface area contributed by atoms with Crippen LogP contribution >= 0.6 is 10.7 Å². The molecule has 18 heavy (non-hydrogen) atoms. The van der Waals surface area contributed by atoms with Crippen LogP contribution in [0.3, 0.4) is 0 Å². The Morgan fingerprint density at radius 3 is 2.72 bits per heavy atom. The molecular weight excluding hydrogens is 263 g/mol. The predicted octanol–water partition coefficient (Wildman–Crippen LogP) is 2.82. The van der Waals surface area contributed by atoms with Gasteiger partial charge in [0.1, 0.15) is 5.69 Å². The summed E-state index contributed by atoms with van der Waals surface area (Å²) in [5.74, 6) is 0. The lowest BCUT2D eigenvalue weighted by Crippen LogP contribution is -2.07. The maximum atomic E-state index is 12.4. The van der Waals surface area contributed by atoms with E-state index in [4.69, 9.17) is 5.73 Å². The average molecular weight is 273 g/mol. The first-order chi connectivity index (χ1) is 8.52. The van der Waals surface area contributed by atoms with E-state index in [1.54, 1.807) is 0 Å². The molecule has 1 unspecified atom stereocenters. The summed E-state index contributed by atoms with van der Waals surface area (Å²) >= 11 is 0. The van der Waals surface area contributed by atoms with Crippen molar-refractivity contribution >= 4 is 27.3 Å². The van der Waals surface area contributed by atoms with Gasteiger partial charge in [0.2, 0.25) is 0 Å². The van der Waals surface area contributed by atoms with Crippen LogP contribution in [-0.2, 0) is 6.18 Å². The van der Waals surface area contributed by atoms with Crippen molar-refractivity contribution in [1.29, 1.82) is 0 Å². The van der Waals surface area contributed by atoms with Gasteiger partial charge in [0.05, 0.1) is 6.34 Å². The first-order valence-electron chi connectivity index (χ1n) is 5.07. The van der Waals surface area contributed by atoms with Gasteiger partial charge in [0, 0.05) is 16.7 Å². The Kier molecular flexibility index (Phi) is 3.51. The number of hydrogen-bond acceptors (Lipinski definition) is 2. The quantitative estimate of drug-likeness (QED) is 0.512. The second-order valence-electron chi connectivity index (χ2n) is 3.47. The van der Waals surface area contributed by atoms with Crippen LogP contribution < -0.4 is 5.73 Å². The van der Waals surface area contributed by atoms with Crippen molar-refractivity contribution in [2.75, 3.05) is 0 Å². The molecule has 0 aliphatic carbocycles. The molecular formula is C11H10F3N3S. The van der Waals surface area contributed by atoms with Crippen LogP contribution in [0.25, 0.3) is 4.91 Å². The van der Waals surface area contributed by atoms with Crippen LogP contribution in [0.15, 0.2) is 28.8 Å². The maximum absolute atomic E-state index is 12.4. The summed E-state index contributed by atoms with van der Waals surface area (Å²) < 4.78 is 41.2. The van der Waals surface area contributed by atoms with E-state index in [1.165, 1.54) is 18.6 Å². The molecule has 0 fully saturated rings. The van der Waals surface area contributed by atoms with Crippen LogP contribution in [0.4, 0.5) is 13.2 Å². The van der Waals surface area contributed by atoms with Gasteiger partial charge in [0.25, 0.3) is 0 Å². The fourth-order valence-electron chi connectivity index (χ4n) is 1.53. The van der Waals surface area contributed by atoms with E-state index in [0.29, 0.717) is 5.56 Å². The minimum Gasteiger partial charge on any atom is -0.389 e. The first-order valence-corrected chi connectivity index (χ1v) is 6.31. The number of halogens is 3. The largest absolute Gasteiger partial charge is 0.433 e. The second-order valence-corrected chi connectivity index (χ2v) is 5.08. The van der Waals surface area contributed by atoms with Gasteiger partial charge in [-0.2, -0.15) is 13.2 Å². The van der Waals surface area contributed by atoms with Crippen molar-refractivity contribution in [1.82, 2.24) is 4.98 Å². The molecule has 1 aliphatic heterocycles. The maximum Gasteiger partial charge on any atom is 0.433 e. The molecule has 0 bridgehead atoms. The summed E-state index contributed by atoms with van der Waals surface area (Å²) in [5, 5.41) is 1.95. The molecule has 1 aromatic heterocycles. The molecule has 0 radical (unpaired) electrons. The predicted molar refractivity (Wildman–Crippen MR) is 68.2 cm³/mol. The highest BCUT2D eigenvalue weighted by atomic mass is 32.2.